The molecule has 86 valence electrons. The maximum atomic E-state index is 13.0. The average Bonchev–Trinajstić information content (AvgIpc) is 3.06. The van der Waals surface area contributed by atoms with Crippen LogP contribution in [0.25, 0.3) is 0 Å². The summed E-state index contributed by atoms with van der Waals surface area (Å²) in [7, 11) is 1.76. The molecule has 1 saturated carbocycles. The highest BCUT2D eigenvalue weighted by atomic mass is 79.9. The normalized spacial score (nSPS) is 14.9. The molecule has 0 aliphatic heterocycles. The van der Waals surface area contributed by atoms with E-state index in [1.54, 1.807) is 18.0 Å². The molecule has 1 aliphatic rings. The fourth-order valence-corrected chi connectivity index (χ4v) is 2.01. The molecular weight excluding hydrogens is 273 g/mol. The van der Waals surface area contributed by atoms with Crippen LogP contribution in [0.15, 0.2) is 22.7 Å². The van der Waals surface area contributed by atoms with Gasteiger partial charge in [-0.15, -0.1) is 0 Å². The Labute approximate surface area is 103 Å². The summed E-state index contributed by atoms with van der Waals surface area (Å²) in [6, 6.07) is 4.52. The molecule has 0 bridgehead atoms. The van der Waals surface area contributed by atoms with Gasteiger partial charge in [-0.2, -0.15) is 0 Å². The van der Waals surface area contributed by atoms with Crippen LogP contribution in [-0.2, 0) is 11.3 Å². The first kappa shape index (κ1) is 11.6. The lowest BCUT2D eigenvalue weighted by molar-refractivity contribution is -0.131. The number of nitrogens with zero attached hydrogens (tertiary/aromatic N) is 1. The average molecular weight is 286 g/mol. The summed E-state index contributed by atoms with van der Waals surface area (Å²) in [6.45, 7) is 0.452. The highest BCUT2D eigenvalue weighted by Crippen LogP contribution is 2.31. The first-order valence-electron chi connectivity index (χ1n) is 5.27. The zero-order chi connectivity index (χ0) is 11.7. The van der Waals surface area contributed by atoms with Crippen molar-refractivity contribution in [2.75, 3.05) is 7.05 Å². The number of amides is 1. The van der Waals surface area contributed by atoms with Gasteiger partial charge in [0.15, 0.2) is 0 Å². The zero-order valence-corrected chi connectivity index (χ0v) is 10.6. The summed E-state index contributed by atoms with van der Waals surface area (Å²) in [6.07, 6.45) is 1.99. The molecule has 2 nitrogen and oxygen atoms in total. The zero-order valence-electron chi connectivity index (χ0n) is 9.04. The topological polar surface area (TPSA) is 20.3 Å². The van der Waals surface area contributed by atoms with Crippen molar-refractivity contribution < 1.29 is 9.18 Å². The van der Waals surface area contributed by atoms with Gasteiger partial charge >= 0.3 is 0 Å². The number of hydrogen-bond acceptors (Lipinski definition) is 1. The van der Waals surface area contributed by atoms with E-state index in [9.17, 15) is 9.18 Å². The minimum absolute atomic E-state index is 0.163. The molecule has 1 amide bonds. The van der Waals surface area contributed by atoms with Gasteiger partial charge in [-0.05, 0) is 36.6 Å². The summed E-state index contributed by atoms with van der Waals surface area (Å²) >= 11 is 3.36. The molecule has 1 aromatic carbocycles. The first-order valence-corrected chi connectivity index (χ1v) is 6.06. The van der Waals surface area contributed by atoms with Crippen LogP contribution in [0.1, 0.15) is 18.4 Å². The summed E-state index contributed by atoms with van der Waals surface area (Å²) < 4.78 is 13.9. The molecule has 0 heterocycles. The van der Waals surface area contributed by atoms with E-state index in [1.165, 1.54) is 12.1 Å². The van der Waals surface area contributed by atoms with Crippen molar-refractivity contribution in [2.24, 2.45) is 5.92 Å². The predicted octanol–water partition coefficient (Wildman–Crippen LogP) is 2.96. The number of benzene rings is 1. The maximum absolute atomic E-state index is 13.0. The largest absolute Gasteiger partial charge is 0.341 e. The van der Waals surface area contributed by atoms with Crippen LogP contribution in [0, 0.1) is 11.7 Å². The number of halogens is 2. The maximum Gasteiger partial charge on any atom is 0.225 e. The monoisotopic (exact) mass is 285 g/mol. The second kappa shape index (κ2) is 4.53. The standard InChI is InChI=1S/C12H13BrFNO/c1-15(12(16)8-2-3-8)7-9-6-10(14)4-5-11(9)13/h4-6,8H,2-3,7H2,1H3. The Bertz CT molecular complexity index is 417. The molecule has 1 aromatic rings. The summed E-state index contributed by atoms with van der Waals surface area (Å²) in [4.78, 5) is 13.4. The second-order valence-electron chi connectivity index (χ2n) is 4.20. The van der Waals surface area contributed by atoms with Crippen molar-refractivity contribution in [3.8, 4) is 0 Å². The lowest BCUT2D eigenvalue weighted by Gasteiger charge is -2.17. The summed E-state index contributed by atoms with van der Waals surface area (Å²) in [5.74, 6) is 0.0963. The van der Waals surface area contributed by atoms with Crippen LogP contribution in [0.2, 0.25) is 0 Å². The van der Waals surface area contributed by atoms with Gasteiger partial charge in [0, 0.05) is 24.0 Å². The Balaban J connectivity index is 2.07. The molecule has 1 fully saturated rings. The fourth-order valence-electron chi connectivity index (χ4n) is 1.64. The lowest BCUT2D eigenvalue weighted by atomic mass is 10.2. The molecule has 4 heteroatoms. The van der Waals surface area contributed by atoms with Crippen LogP contribution in [0.3, 0.4) is 0 Å². The van der Waals surface area contributed by atoms with E-state index in [1.807, 2.05) is 0 Å². The Morgan fingerprint density at radius 1 is 1.56 bits per heavy atom. The Kier molecular flexibility index (Phi) is 3.28. The van der Waals surface area contributed by atoms with Crippen molar-refractivity contribution in [3.63, 3.8) is 0 Å². The highest BCUT2D eigenvalue weighted by molar-refractivity contribution is 9.10. The first-order chi connectivity index (χ1) is 7.58. The van der Waals surface area contributed by atoms with Crippen LogP contribution < -0.4 is 0 Å². The van der Waals surface area contributed by atoms with E-state index in [0.29, 0.717) is 6.54 Å². The van der Waals surface area contributed by atoms with Gasteiger partial charge in [-0.3, -0.25) is 4.79 Å². The third kappa shape index (κ3) is 2.61. The Morgan fingerprint density at radius 2 is 2.25 bits per heavy atom. The van der Waals surface area contributed by atoms with Crippen LogP contribution in [0.4, 0.5) is 4.39 Å². The van der Waals surface area contributed by atoms with Crippen LogP contribution in [0.5, 0.6) is 0 Å². The van der Waals surface area contributed by atoms with E-state index in [2.05, 4.69) is 15.9 Å². The summed E-state index contributed by atoms with van der Waals surface area (Å²) in [5.41, 5.74) is 0.802. The van der Waals surface area contributed by atoms with Gasteiger partial charge < -0.3 is 4.90 Å². The van der Waals surface area contributed by atoms with Crippen molar-refractivity contribution in [3.05, 3.63) is 34.1 Å². The van der Waals surface area contributed by atoms with Crippen molar-refractivity contribution in [1.82, 2.24) is 4.90 Å². The second-order valence-corrected chi connectivity index (χ2v) is 5.06. The minimum Gasteiger partial charge on any atom is -0.341 e. The number of carbonyl (C=O) groups excluding carboxylic acids is 1. The Morgan fingerprint density at radius 3 is 2.88 bits per heavy atom. The molecule has 0 atom stereocenters. The Hall–Kier alpha value is -0.900. The van der Waals surface area contributed by atoms with Gasteiger partial charge in [0.05, 0.1) is 0 Å². The SMILES string of the molecule is CN(Cc1cc(F)ccc1Br)C(=O)C1CC1. The smallest absolute Gasteiger partial charge is 0.225 e. The summed E-state index contributed by atoms with van der Waals surface area (Å²) in [5, 5.41) is 0. The molecule has 0 radical (unpaired) electrons. The molecule has 0 saturated heterocycles. The third-order valence-electron chi connectivity index (χ3n) is 2.72. The fraction of sp³-hybridized carbons (Fsp3) is 0.417. The molecular formula is C12H13BrFNO. The third-order valence-corrected chi connectivity index (χ3v) is 3.49. The van der Waals surface area contributed by atoms with Crippen molar-refractivity contribution in [2.45, 2.75) is 19.4 Å². The van der Waals surface area contributed by atoms with E-state index in [-0.39, 0.29) is 17.6 Å². The van der Waals surface area contributed by atoms with E-state index >= 15 is 0 Å². The molecule has 2 rings (SSSR count). The quantitative estimate of drug-likeness (QED) is 0.836. The van der Waals surface area contributed by atoms with Crippen LogP contribution >= 0.6 is 15.9 Å². The van der Waals surface area contributed by atoms with Crippen molar-refractivity contribution >= 4 is 21.8 Å². The number of carbonyl (C=O) groups is 1. The van der Waals surface area contributed by atoms with Crippen LogP contribution in [-0.4, -0.2) is 17.9 Å². The van der Waals surface area contributed by atoms with Gasteiger partial charge in [0.2, 0.25) is 5.91 Å². The van der Waals surface area contributed by atoms with Gasteiger partial charge in [-0.25, -0.2) is 4.39 Å². The van der Waals surface area contributed by atoms with E-state index < -0.39 is 0 Å². The molecule has 0 N–H and O–H groups in total. The van der Waals surface area contributed by atoms with E-state index in [0.717, 1.165) is 22.9 Å². The lowest BCUT2D eigenvalue weighted by Crippen LogP contribution is -2.27. The van der Waals surface area contributed by atoms with Crippen molar-refractivity contribution in [1.29, 1.82) is 0 Å². The van der Waals surface area contributed by atoms with Gasteiger partial charge in [0.1, 0.15) is 5.82 Å². The molecule has 16 heavy (non-hydrogen) atoms. The molecule has 0 unspecified atom stereocenters. The highest BCUT2D eigenvalue weighted by Gasteiger charge is 2.32. The number of hydrogen-bond donors (Lipinski definition) is 0. The van der Waals surface area contributed by atoms with Gasteiger partial charge in [0.25, 0.3) is 0 Å². The minimum atomic E-state index is -0.273. The molecule has 0 aromatic heterocycles. The van der Waals surface area contributed by atoms with Gasteiger partial charge in [-0.1, -0.05) is 15.9 Å². The molecule has 0 spiro atoms. The van der Waals surface area contributed by atoms with E-state index in [4.69, 9.17) is 0 Å². The number of rotatable bonds is 3. The predicted molar refractivity (Wildman–Crippen MR) is 63.3 cm³/mol. The molecule has 1 aliphatic carbocycles.